The molecule has 0 aromatic carbocycles. The molecule has 0 radical (unpaired) electrons. The molecular formula is C23H36O7. The Kier molecular flexibility index (Phi) is 12.4. The van der Waals surface area contributed by atoms with E-state index in [1.807, 2.05) is 19.9 Å². The van der Waals surface area contributed by atoms with Crippen LogP contribution in [0.3, 0.4) is 0 Å². The van der Waals surface area contributed by atoms with Crippen LogP contribution in [0.4, 0.5) is 0 Å². The molecule has 1 aliphatic rings. The van der Waals surface area contributed by atoms with Crippen LogP contribution in [0.25, 0.3) is 0 Å². The number of cyclic esters (lactones) is 1. The summed E-state index contributed by atoms with van der Waals surface area (Å²) in [6.45, 7) is 5.93. The second-order valence-electron chi connectivity index (χ2n) is 7.83. The Morgan fingerprint density at radius 1 is 1.23 bits per heavy atom. The zero-order valence-corrected chi connectivity index (χ0v) is 18.5. The van der Waals surface area contributed by atoms with E-state index in [-0.39, 0.29) is 36.6 Å². The number of carbonyl (C=O) groups is 3. The molecule has 0 spiro atoms. The van der Waals surface area contributed by atoms with E-state index in [4.69, 9.17) is 14.2 Å². The minimum absolute atomic E-state index is 0.0501. The van der Waals surface area contributed by atoms with E-state index >= 15 is 0 Å². The number of aliphatic hydroxyl groups is 1. The van der Waals surface area contributed by atoms with Gasteiger partial charge in [0.15, 0.2) is 5.78 Å². The maximum Gasteiger partial charge on any atom is 0.308 e. The van der Waals surface area contributed by atoms with Crippen LogP contribution in [-0.4, -0.2) is 61.3 Å². The van der Waals surface area contributed by atoms with Gasteiger partial charge >= 0.3 is 5.97 Å². The number of methoxy groups -OCH3 is 1. The second-order valence-corrected chi connectivity index (χ2v) is 7.83. The second kappa shape index (κ2) is 14.2. The molecule has 0 amide bonds. The van der Waals surface area contributed by atoms with Crippen molar-refractivity contribution in [3.8, 4) is 0 Å². The molecule has 0 unspecified atom stereocenters. The summed E-state index contributed by atoms with van der Waals surface area (Å²) >= 11 is 0. The molecule has 0 aromatic rings. The molecule has 0 aromatic heterocycles. The zero-order chi connectivity index (χ0) is 22.5. The van der Waals surface area contributed by atoms with Gasteiger partial charge in [-0.05, 0) is 31.8 Å². The standard InChI is InChI=1S/C23H36O7/c1-5-13-29-22-18(11-12-24)14-16(2)19(25)10-8-6-7-9-17(3)30-21(27)15-20(26)23(22)28-4/h6-8,10,12,16-18,20,22-23,26H,5,9,11,13-15H2,1-4H3/b7-6+,10-8+/t16-,17-,18+,20-,22+,23+/m1/s1. The van der Waals surface area contributed by atoms with Crippen molar-refractivity contribution < 1.29 is 33.7 Å². The lowest BCUT2D eigenvalue weighted by molar-refractivity contribution is -0.160. The van der Waals surface area contributed by atoms with Gasteiger partial charge < -0.3 is 24.1 Å². The molecular weight excluding hydrogens is 388 g/mol. The summed E-state index contributed by atoms with van der Waals surface area (Å²) in [5.74, 6) is -1.26. The fourth-order valence-electron chi connectivity index (χ4n) is 3.59. The van der Waals surface area contributed by atoms with E-state index in [1.54, 1.807) is 19.1 Å². The van der Waals surface area contributed by atoms with Crippen molar-refractivity contribution in [2.75, 3.05) is 13.7 Å². The predicted octanol–water partition coefficient (Wildman–Crippen LogP) is 2.80. The number of hydrogen-bond donors (Lipinski definition) is 1. The molecule has 6 atom stereocenters. The van der Waals surface area contributed by atoms with Gasteiger partial charge in [-0.2, -0.15) is 0 Å². The average molecular weight is 425 g/mol. The van der Waals surface area contributed by atoms with Crippen molar-refractivity contribution in [1.29, 1.82) is 0 Å². The highest BCUT2D eigenvalue weighted by atomic mass is 16.6. The summed E-state index contributed by atoms with van der Waals surface area (Å²) in [5, 5.41) is 10.7. The molecule has 1 heterocycles. The molecule has 0 saturated carbocycles. The van der Waals surface area contributed by atoms with Gasteiger partial charge in [0.2, 0.25) is 0 Å². The van der Waals surface area contributed by atoms with Crippen LogP contribution in [-0.2, 0) is 28.6 Å². The SMILES string of the molecule is CCCO[C@H]1[C@@H](CC=O)C[C@@H](C)C(=O)/C=C/C=C/C[C@@H](C)OC(=O)C[C@@H](O)[C@@H]1OC. The molecule has 1 N–H and O–H groups in total. The van der Waals surface area contributed by atoms with Gasteiger partial charge in [-0.3, -0.25) is 9.59 Å². The monoisotopic (exact) mass is 424 g/mol. The van der Waals surface area contributed by atoms with Gasteiger partial charge in [-0.15, -0.1) is 0 Å². The van der Waals surface area contributed by atoms with Gasteiger partial charge in [-0.1, -0.05) is 32.1 Å². The Morgan fingerprint density at radius 3 is 2.60 bits per heavy atom. The van der Waals surface area contributed by atoms with Crippen LogP contribution in [0, 0.1) is 11.8 Å². The van der Waals surface area contributed by atoms with Crippen LogP contribution in [0.1, 0.15) is 52.9 Å². The van der Waals surface area contributed by atoms with E-state index in [1.165, 1.54) is 13.2 Å². The molecule has 0 aliphatic carbocycles. The normalized spacial score (nSPS) is 34.2. The number of carbonyl (C=O) groups excluding carboxylic acids is 3. The van der Waals surface area contributed by atoms with Crippen molar-refractivity contribution >= 4 is 18.0 Å². The molecule has 7 heteroatoms. The molecule has 1 aliphatic heterocycles. The van der Waals surface area contributed by atoms with Gasteiger partial charge in [0.05, 0.1) is 18.6 Å². The maximum absolute atomic E-state index is 12.5. The lowest BCUT2D eigenvalue weighted by Crippen LogP contribution is -2.46. The molecule has 170 valence electrons. The quantitative estimate of drug-likeness (QED) is 0.517. The minimum Gasteiger partial charge on any atom is -0.462 e. The lowest BCUT2D eigenvalue weighted by atomic mass is 9.83. The Morgan fingerprint density at radius 2 is 1.97 bits per heavy atom. The molecule has 0 saturated heterocycles. The van der Waals surface area contributed by atoms with E-state index in [0.717, 1.165) is 12.7 Å². The third-order valence-electron chi connectivity index (χ3n) is 5.18. The van der Waals surface area contributed by atoms with Gasteiger partial charge in [0, 0.05) is 32.5 Å². The first-order chi connectivity index (χ1) is 14.3. The van der Waals surface area contributed by atoms with Crippen LogP contribution in [0.15, 0.2) is 24.3 Å². The smallest absolute Gasteiger partial charge is 0.308 e. The molecule has 30 heavy (non-hydrogen) atoms. The van der Waals surface area contributed by atoms with Crippen molar-refractivity contribution in [3.63, 3.8) is 0 Å². The largest absolute Gasteiger partial charge is 0.462 e. The van der Waals surface area contributed by atoms with E-state index in [2.05, 4.69) is 0 Å². The Balaban J connectivity index is 3.24. The number of hydrogen-bond acceptors (Lipinski definition) is 7. The van der Waals surface area contributed by atoms with E-state index in [9.17, 15) is 19.5 Å². The molecule has 1 rings (SSSR count). The summed E-state index contributed by atoms with van der Waals surface area (Å²) in [7, 11) is 1.43. The number of esters is 1. The highest BCUT2D eigenvalue weighted by Crippen LogP contribution is 2.28. The summed E-state index contributed by atoms with van der Waals surface area (Å²) in [5.41, 5.74) is 0. The number of aldehydes is 1. The highest BCUT2D eigenvalue weighted by Gasteiger charge is 2.37. The van der Waals surface area contributed by atoms with E-state index < -0.39 is 24.3 Å². The fourth-order valence-corrected chi connectivity index (χ4v) is 3.59. The van der Waals surface area contributed by atoms with Crippen molar-refractivity contribution in [3.05, 3.63) is 24.3 Å². The molecule has 7 nitrogen and oxygen atoms in total. The van der Waals surface area contributed by atoms with Crippen LogP contribution >= 0.6 is 0 Å². The Labute approximate surface area is 179 Å². The van der Waals surface area contributed by atoms with Crippen molar-refractivity contribution in [1.82, 2.24) is 0 Å². The van der Waals surface area contributed by atoms with Crippen LogP contribution < -0.4 is 0 Å². The molecule has 0 bridgehead atoms. The van der Waals surface area contributed by atoms with E-state index in [0.29, 0.717) is 19.4 Å². The topological polar surface area (TPSA) is 99.1 Å². The van der Waals surface area contributed by atoms with Gasteiger partial charge in [-0.25, -0.2) is 0 Å². The third-order valence-corrected chi connectivity index (χ3v) is 5.18. The first-order valence-corrected chi connectivity index (χ1v) is 10.7. The Hall–Kier alpha value is -1.83. The first-order valence-electron chi connectivity index (χ1n) is 10.7. The minimum atomic E-state index is -1.17. The number of allylic oxidation sites excluding steroid dienone is 3. The lowest BCUT2D eigenvalue weighted by Gasteiger charge is -2.35. The van der Waals surface area contributed by atoms with Gasteiger partial charge in [0.25, 0.3) is 0 Å². The predicted molar refractivity (Wildman–Crippen MR) is 113 cm³/mol. The summed E-state index contributed by atoms with van der Waals surface area (Å²) in [6.07, 6.45) is 6.04. The highest BCUT2D eigenvalue weighted by molar-refractivity contribution is 5.91. The average Bonchev–Trinajstić information content (AvgIpc) is 2.69. The first kappa shape index (κ1) is 26.2. The maximum atomic E-state index is 12.5. The van der Waals surface area contributed by atoms with Crippen molar-refractivity contribution in [2.45, 2.75) is 77.3 Å². The van der Waals surface area contributed by atoms with Crippen LogP contribution in [0.5, 0.6) is 0 Å². The summed E-state index contributed by atoms with van der Waals surface area (Å²) < 4.78 is 16.9. The molecule has 0 fully saturated rings. The zero-order valence-electron chi connectivity index (χ0n) is 18.5. The number of ether oxygens (including phenoxy) is 3. The number of aliphatic hydroxyl groups excluding tert-OH is 1. The Bertz CT molecular complexity index is 598. The summed E-state index contributed by atoms with van der Waals surface area (Å²) in [4.78, 5) is 36.1. The third kappa shape index (κ3) is 8.90. The van der Waals surface area contributed by atoms with Crippen LogP contribution in [0.2, 0.25) is 0 Å². The fraction of sp³-hybridized carbons (Fsp3) is 0.696. The number of ketones is 1. The van der Waals surface area contributed by atoms with Crippen molar-refractivity contribution in [2.24, 2.45) is 11.8 Å². The summed E-state index contributed by atoms with van der Waals surface area (Å²) in [6, 6.07) is 0. The van der Waals surface area contributed by atoms with Gasteiger partial charge in [0.1, 0.15) is 18.5 Å². The number of rotatable bonds is 6.